The van der Waals surface area contributed by atoms with Crippen LogP contribution in [0.1, 0.15) is 25.7 Å². The van der Waals surface area contributed by atoms with Gasteiger partial charge in [0.05, 0.1) is 16.0 Å². The number of benzene rings is 1. The molecule has 2 aromatic rings. The number of carbonyl (C=O) groups excluding carboxylic acids is 1. The first-order valence-electron chi connectivity index (χ1n) is 6.69. The Hall–Kier alpha value is -0.780. The second-order valence-electron chi connectivity index (χ2n) is 4.93. The number of thiazole rings is 1. The molecule has 0 radical (unpaired) electrons. The van der Waals surface area contributed by atoms with Crippen LogP contribution in [0.5, 0.6) is 0 Å². The summed E-state index contributed by atoms with van der Waals surface area (Å²) in [4.78, 5) is 16.4. The zero-order valence-corrected chi connectivity index (χ0v) is 13.3. The number of rotatable bonds is 4. The minimum atomic E-state index is 0.110. The molecule has 6 heteroatoms. The fourth-order valence-corrected chi connectivity index (χ4v) is 4.43. The number of thioether (sulfide) groups is 1. The Morgan fingerprint density at radius 2 is 2.25 bits per heavy atom. The standard InChI is InChI=1S/C14H15ClN2OS2/c15-9-5-6-12-11(7-9)17-14(20-12)19-8-13(18)16-10-3-1-2-4-10/h5-7,10H,1-4,8H2,(H,16,18). The molecule has 0 bridgehead atoms. The summed E-state index contributed by atoms with van der Waals surface area (Å²) in [5.74, 6) is 0.545. The first kappa shape index (κ1) is 14.2. The van der Waals surface area contributed by atoms with Gasteiger partial charge in [-0.2, -0.15) is 0 Å². The first-order valence-corrected chi connectivity index (χ1v) is 8.87. The monoisotopic (exact) mass is 326 g/mol. The molecule has 1 fully saturated rings. The Morgan fingerprint density at radius 3 is 3.05 bits per heavy atom. The van der Waals surface area contributed by atoms with E-state index < -0.39 is 0 Å². The molecule has 1 N–H and O–H groups in total. The molecule has 1 aromatic carbocycles. The third-order valence-corrected chi connectivity index (χ3v) is 5.79. The van der Waals surface area contributed by atoms with Gasteiger partial charge in [0.1, 0.15) is 0 Å². The van der Waals surface area contributed by atoms with E-state index in [0.717, 1.165) is 27.4 Å². The maximum Gasteiger partial charge on any atom is 0.230 e. The van der Waals surface area contributed by atoms with Crippen LogP contribution in [0.15, 0.2) is 22.5 Å². The molecule has 0 aliphatic heterocycles. The number of fused-ring (bicyclic) bond motifs is 1. The summed E-state index contributed by atoms with van der Waals surface area (Å²) in [5.41, 5.74) is 0.904. The largest absolute Gasteiger partial charge is 0.353 e. The Kier molecular flexibility index (Phi) is 4.48. The molecule has 1 saturated carbocycles. The second-order valence-corrected chi connectivity index (χ2v) is 7.62. The van der Waals surface area contributed by atoms with Crippen molar-refractivity contribution >= 4 is 50.8 Å². The highest BCUT2D eigenvalue weighted by molar-refractivity contribution is 8.01. The normalized spacial score (nSPS) is 15.8. The molecule has 0 saturated heterocycles. The molecular weight excluding hydrogens is 312 g/mol. The Bertz CT molecular complexity index is 623. The van der Waals surface area contributed by atoms with Crippen molar-refractivity contribution in [3.8, 4) is 0 Å². The van der Waals surface area contributed by atoms with Crippen molar-refractivity contribution in [3.63, 3.8) is 0 Å². The van der Waals surface area contributed by atoms with Crippen LogP contribution < -0.4 is 5.32 Å². The van der Waals surface area contributed by atoms with Gasteiger partial charge >= 0.3 is 0 Å². The quantitative estimate of drug-likeness (QED) is 0.860. The average Bonchev–Trinajstić information content (AvgIpc) is 3.04. The van der Waals surface area contributed by atoms with Gasteiger partial charge in [-0.15, -0.1) is 11.3 Å². The van der Waals surface area contributed by atoms with Crippen LogP contribution in [0.2, 0.25) is 5.02 Å². The van der Waals surface area contributed by atoms with E-state index in [4.69, 9.17) is 11.6 Å². The van der Waals surface area contributed by atoms with Gasteiger partial charge in [0, 0.05) is 11.1 Å². The third kappa shape index (κ3) is 3.45. The van der Waals surface area contributed by atoms with Crippen LogP contribution in [0, 0.1) is 0 Å². The lowest BCUT2D eigenvalue weighted by Gasteiger charge is -2.10. The van der Waals surface area contributed by atoms with Crippen LogP contribution in [-0.4, -0.2) is 22.7 Å². The topological polar surface area (TPSA) is 42.0 Å². The number of amides is 1. The van der Waals surface area contributed by atoms with Crippen molar-refractivity contribution in [2.75, 3.05) is 5.75 Å². The summed E-state index contributed by atoms with van der Waals surface area (Å²) in [5, 5.41) is 3.78. The Labute approximate surface area is 131 Å². The van der Waals surface area contributed by atoms with E-state index >= 15 is 0 Å². The molecule has 0 spiro atoms. The van der Waals surface area contributed by atoms with Crippen LogP contribution in [0.4, 0.5) is 0 Å². The van der Waals surface area contributed by atoms with Crippen molar-refractivity contribution in [3.05, 3.63) is 23.2 Å². The molecule has 1 aromatic heterocycles. The van der Waals surface area contributed by atoms with Gasteiger partial charge in [-0.3, -0.25) is 4.79 Å². The molecule has 1 aliphatic rings. The van der Waals surface area contributed by atoms with Crippen molar-refractivity contribution in [2.24, 2.45) is 0 Å². The average molecular weight is 327 g/mol. The molecule has 1 aliphatic carbocycles. The summed E-state index contributed by atoms with van der Waals surface area (Å²) < 4.78 is 2.02. The number of hydrogen-bond acceptors (Lipinski definition) is 4. The number of hydrogen-bond donors (Lipinski definition) is 1. The lowest BCUT2D eigenvalue weighted by molar-refractivity contribution is -0.119. The Balaban J connectivity index is 1.57. The number of nitrogens with one attached hydrogen (secondary N) is 1. The minimum Gasteiger partial charge on any atom is -0.353 e. The highest BCUT2D eigenvalue weighted by Gasteiger charge is 2.17. The van der Waals surface area contributed by atoms with Crippen molar-refractivity contribution in [2.45, 2.75) is 36.1 Å². The fraction of sp³-hybridized carbons (Fsp3) is 0.429. The summed E-state index contributed by atoms with van der Waals surface area (Å²) in [6.45, 7) is 0. The van der Waals surface area contributed by atoms with Gasteiger partial charge in [-0.1, -0.05) is 36.2 Å². The lowest BCUT2D eigenvalue weighted by atomic mass is 10.2. The predicted octanol–water partition coefficient (Wildman–Crippen LogP) is 4.10. The highest BCUT2D eigenvalue weighted by Crippen LogP contribution is 2.31. The Morgan fingerprint density at radius 1 is 1.45 bits per heavy atom. The van der Waals surface area contributed by atoms with E-state index in [1.54, 1.807) is 11.3 Å². The minimum absolute atomic E-state index is 0.110. The molecule has 20 heavy (non-hydrogen) atoms. The number of carbonyl (C=O) groups is 1. The van der Waals surface area contributed by atoms with Crippen LogP contribution >= 0.6 is 34.7 Å². The van der Waals surface area contributed by atoms with Gasteiger partial charge in [0.2, 0.25) is 5.91 Å². The van der Waals surface area contributed by atoms with Crippen molar-refractivity contribution < 1.29 is 4.79 Å². The highest BCUT2D eigenvalue weighted by atomic mass is 35.5. The number of halogens is 1. The van der Waals surface area contributed by atoms with E-state index in [-0.39, 0.29) is 5.91 Å². The van der Waals surface area contributed by atoms with E-state index in [9.17, 15) is 4.79 Å². The summed E-state index contributed by atoms with van der Waals surface area (Å²) in [7, 11) is 0. The molecule has 3 rings (SSSR count). The smallest absolute Gasteiger partial charge is 0.230 e. The zero-order valence-electron chi connectivity index (χ0n) is 10.9. The summed E-state index contributed by atoms with van der Waals surface area (Å²) in [6, 6.07) is 6.08. The predicted molar refractivity (Wildman–Crippen MR) is 85.8 cm³/mol. The maximum absolute atomic E-state index is 11.9. The van der Waals surface area contributed by atoms with Gasteiger partial charge in [-0.05, 0) is 31.0 Å². The van der Waals surface area contributed by atoms with Crippen LogP contribution in [0.3, 0.4) is 0 Å². The molecule has 1 heterocycles. The van der Waals surface area contributed by atoms with Gasteiger partial charge in [0.25, 0.3) is 0 Å². The van der Waals surface area contributed by atoms with Gasteiger partial charge in [0.15, 0.2) is 4.34 Å². The first-order chi connectivity index (χ1) is 9.70. The van der Waals surface area contributed by atoms with Crippen LogP contribution in [0.25, 0.3) is 10.2 Å². The number of aromatic nitrogens is 1. The van der Waals surface area contributed by atoms with Gasteiger partial charge < -0.3 is 5.32 Å². The second kappa shape index (κ2) is 6.33. The van der Waals surface area contributed by atoms with E-state index in [1.807, 2.05) is 18.2 Å². The molecule has 106 valence electrons. The third-order valence-electron chi connectivity index (χ3n) is 3.38. The van der Waals surface area contributed by atoms with Gasteiger partial charge in [-0.25, -0.2) is 4.98 Å². The zero-order chi connectivity index (χ0) is 13.9. The molecule has 1 amide bonds. The molecule has 3 nitrogen and oxygen atoms in total. The van der Waals surface area contributed by atoms with E-state index in [1.165, 1.54) is 24.6 Å². The maximum atomic E-state index is 11.9. The van der Waals surface area contributed by atoms with E-state index in [0.29, 0.717) is 16.8 Å². The fourth-order valence-electron chi connectivity index (χ4n) is 2.41. The molecular formula is C14H15ClN2OS2. The van der Waals surface area contributed by atoms with Crippen molar-refractivity contribution in [1.82, 2.24) is 10.3 Å². The molecule has 0 unspecified atom stereocenters. The van der Waals surface area contributed by atoms with E-state index in [2.05, 4.69) is 10.3 Å². The van der Waals surface area contributed by atoms with Crippen LogP contribution in [-0.2, 0) is 4.79 Å². The lowest BCUT2D eigenvalue weighted by Crippen LogP contribution is -2.33. The summed E-state index contributed by atoms with van der Waals surface area (Å²) in [6.07, 6.45) is 4.71. The summed E-state index contributed by atoms with van der Waals surface area (Å²) >= 11 is 9.04. The van der Waals surface area contributed by atoms with Crippen molar-refractivity contribution in [1.29, 1.82) is 0 Å². The number of nitrogens with zero attached hydrogens (tertiary/aromatic N) is 1. The molecule has 0 atom stereocenters. The SMILES string of the molecule is O=C(CSc1nc2cc(Cl)ccc2s1)NC1CCCC1.